The average Bonchev–Trinajstić information content (AvgIpc) is 2.50. The van der Waals surface area contributed by atoms with Crippen LogP contribution < -0.4 is 10.1 Å². The van der Waals surface area contributed by atoms with Gasteiger partial charge in [-0.3, -0.25) is 4.90 Å². The highest BCUT2D eigenvalue weighted by Crippen LogP contribution is 2.18. The maximum Gasteiger partial charge on any atom is 0.217 e. The van der Waals surface area contributed by atoms with Crippen LogP contribution in [0, 0.1) is 0 Å². The molecule has 0 amide bonds. The smallest absolute Gasteiger partial charge is 0.217 e. The van der Waals surface area contributed by atoms with E-state index in [9.17, 15) is 0 Å². The summed E-state index contributed by atoms with van der Waals surface area (Å²) in [6.07, 6.45) is 2.92. The van der Waals surface area contributed by atoms with Gasteiger partial charge in [0.1, 0.15) is 0 Å². The Labute approximate surface area is 121 Å². The molecule has 0 bridgehead atoms. The molecule has 20 heavy (non-hydrogen) atoms. The summed E-state index contributed by atoms with van der Waals surface area (Å²) in [6.45, 7) is 7.61. The zero-order chi connectivity index (χ0) is 14.2. The average molecular weight is 279 g/mol. The van der Waals surface area contributed by atoms with Gasteiger partial charge in [-0.15, -0.1) is 0 Å². The van der Waals surface area contributed by atoms with Crippen LogP contribution in [-0.4, -0.2) is 55.9 Å². The summed E-state index contributed by atoms with van der Waals surface area (Å²) in [5, 5.41) is 3.48. The van der Waals surface area contributed by atoms with Gasteiger partial charge in [0.2, 0.25) is 5.88 Å². The van der Waals surface area contributed by atoms with Crippen LogP contribution in [0.25, 0.3) is 0 Å². The lowest BCUT2D eigenvalue weighted by molar-refractivity contribution is -0.0112. The zero-order valence-corrected chi connectivity index (χ0v) is 12.5. The number of rotatable bonds is 7. The van der Waals surface area contributed by atoms with Crippen molar-refractivity contribution in [2.75, 3.05) is 40.0 Å². The maximum atomic E-state index is 5.61. The summed E-state index contributed by atoms with van der Waals surface area (Å²) >= 11 is 0. The molecule has 1 aromatic rings. The fourth-order valence-electron chi connectivity index (χ4n) is 2.48. The van der Waals surface area contributed by atoms with Gasteiger partial charge in [-0.25, -0.2) is 4.98 Å². The van der Waals surface area contributed by atoms with E-state index in [4.69, 9.17) is 9.47 Å². The second kappa shape index (κ2) is 8.19. The van der Waals surface area contributed by atoms with E-state index in [0.717, 1.165) is 57.3 Å². The quantitative estimate of drug-likeness (QED) is 0.762. The van der Waals surface area contributed by atoms with Gasteiger partial charge in [0.05, 0.1) is 20.3 Å². The van der Waals surface area contributed by atoms with E-state index < -0.39 is 0 Å². The van der Waals surface area contributed by atoms with Gasteiger partial charge in [-0.1, -0.05) is 13.0 Å². The second-order valence-electron chi connectivity index (χ2n) is 5.08. The van der Waals surface area contributed by atoms with Crippen LogP contribution in [0.1, 0.15) is 18.9 Å². The third kappa shape index (κ3) is 4.16. The summed E-state index contributed by atoms with van der Waals surface area (Å²) in [5.74, 6) is 0.722. The summed E-state index contributed by atoms with van der Waals surface area (Å²) in [4.78, 5) is 6.72. The summed E-state index contributed by atoms with van der Waals surface area (Å²) < 4.78 is 10.9. The first-order valence-electron chi connectivity index (χ1n) is 7.35. The number of ether oxygens (including phenoxy) is 2. The standard InChI is InChI=1S/C15H25N3O2/c1-3-6-16-10-14-12-20-9-8-18(14)11-13-5-4-7-17-15(13)19-2/h4-5,7,14,16H,3,6,8-12H2,1-2H3. The normalized spacial score (nSPS) is 20.0. The zero-order valence-electron chi connectivity index (χ0n) is 12.5. The van der Waals surface area contributed by atoms with Crippen molar-refractivity contribution < 1.29 is 9.47 Å². The molecule has 0 aliphatic carbocycles. The maximum absolute atomic E-state index is 5.61. The molecule has 1 aliphatic heterocycles. The van der Waals surface area contributed by atoms with Crippen molar-refractivity contribution in [1.29, 1.82) is 0 Å². The molecule has 1 saturated heterocycles. The molecule has 0 spiro atoms. The lowest BCUT2D eigenvalue weighted by atomic mass is 10.1. The predicted molar refractivity (Wildman–Crippen MR) is 79.0 cm³/mol. The number of methoxy groups -OCH3 is 1. The van der Waals surface area contributed by atoms with Crippen molar-refractivity contribution in [3.63, 3.8) is 0 Å². The Hall–Kier alpha value is -1.17. The van der Waals surface area contributed by atoms with E-state index in [1.54, 1.807) is 13.3 Å². The molecular weight excluding hydrogens is 254 g/mol. The fraction of sp³-hybridized carbons (Fsp3) is 0.667. The summed E-state index contributed by atoms with van der Waals surface area (Å²) in [7, 11) is 1.67. The van der Waals surface area contributed by atoms with Gasteiger partial charge in [0, 0.05) is 37.4 Å². The van der Waals surface area contributed by atoms with Crippen LogP contribution in [-0.2, 0) is 11.3 Å². The Bertz CT molecular complexity index is 400. The number of nitrogens with zero attached hydrogens (tertiary/aromatic N) is 2. The largest absolute Gasteiger partial charge is 0.481 e. The van der Waals surface area contributed by atoms with Crippen LogP contribution in [0.2, 0.25) is 0 Å². The molecule has 112 valence electrons. The molecule has 0 radical (unpaired) electrons. The summed E-state index contributed by atoms with van der Waals surface area (Å²) in [6, 6.07) is 4.46. The predicted octanol–water partition coefficient (Wildman–Crippen LogP) is 1.29. The molecule has 1 unspecified atom stereocenters. The molecule has 2 heterocycles. The van der Waals surface area contributed by atoms with Gasteiger partial charge < -0.3 is 14.8 Å². The minimum Gasteiger partial charge on any atom is -0.481 e. The Kier molecular flexibility index (Phi) is 6.24. The van der Waals surface area contributed by atoms with Crippen LogP contribution in [0.3, 0.4) is 0 Å². The van der Waals surface area contributed by atoms with Gasteiger partial charge in [0.15, 0.2) is 0 Å². The van der Waals surface area contributed by atoms with Crippen molar-refractivity contribution in [1.82, 2.24) is 15.2 Å². The van der Waals surface area contributed by atoms with Crippen LogP contribution in [0.5, 0.6) is 5.88 Å². The van der Waals surface area contributed by atoms with Crippen molar-refractivity contribution in [3.8, 4) is 5.88 Å². The molecular formula is C15H25N3O2. The van der Waals surface area contributed by atoms with Crippen LogP contribution in [0.15, 0.2) is 18.3 Å². The Morgan fingerprint density at radius 1 is 1.55 bits per heavy atom. The van der Waals surface area contributed by atoms with E-state index in [1.807, 2.05) is 6.07 Å². The third-order valence-electron chi connectivity index (χ3n) is 3.57. The van der Waals surface area contributed by atoms with E-state index >= 15 is 0 Å². The molecule has 5 heteroatoms. The monoisotopic (exact) mass is 279 g/mol. The minimum atomic E-state index is 0.417. The first-order chi connectivity index (χ1) is 9.85. The third-order valence-corrected chi connectivity index (χ3v) is 3.57. The van der Waals surface area contributed by atoms with Crippen molar-refractivity contribution in [2.45, 2.75) is 25.9 Å². The Balaban J connectivity index is 1.97. The highest BCUT2D eigenvalue weighted by Gasteiger charge is 2.23. The molecule has 1 aliphatic rings. The molecule has 2 rings (SSSR count). The number of morpholine rings is 1. The van der Waals surface area contributed by atoms with E-state index in [-0.39, 0.29) is 0 Å². The second-order valence-corrected chi connectivity index (χ2v) is 5.08. The van der Waals surface area contributed by atoms with Crippen LogP contribution in [0.4, 0.5) is 0 Å². The number of pyridine rings is 1. The van der Waals surface area contributed by atoms with Crippen molar-refractivity contribution in [3.05, 3.63) is 23.9 Å². The SMILES string of the molecule is CCCNCC1COCCN1Cc1cccnc1OC. The minimum absolute atomic E-state index is 0.417. The first-order valence-corrected chi connectivity index (χ1v) is 7.35. The van der Waals surface area contributed by atoms with E-state index in [1.165, 1.54) is 0 Å². The fourth-order valence-corrected chi connectivity index (χ4v) is 2.48. The molecule has 5 nitrogen and oxygen atoms in total. The highest BCUT2D eigenvalue weighted by atomic mass is 16.5. The first kappa shape index (κ1) is 15.2. The number of nitrogens with one attached hydrogen (secondary N) is 1. The van der Waals surface area contributed by atoms with Gasteiger partial charge in [-0.2, -0.15) is 0 Å². The molecule has 1 N–H and O–H groups in total. The van der Waals surface area contributed by atoms with E-state index in [0.29, 0.717) is 6.04 Å². The van der Waals surface area contributed by atoms with Gasteiger partial charge >= 0.3 is 0 Å². The lowest BCUT2D eigenvalue weighted by Gasteiger charge is -2.35. The molecule has 0 aromatic carbocycles. The van der Waals surface area contributed by atoms with Gasteiger partial charge in [0.25, 0.3) is 0 Å². The van der Waals surface area contributed by atoms with Gasteiger partial charge in [-0.05, 0) is 19.0 Å². The number of hydrogen-bond acceptors (Lipinski definition) is 5. The number of aromatic nitrogens is 1. The Morgan fingerprint density at radius 2 is 2.45 bits per heavy atom. The topological polar surface area (TPSA) is 46.6 Å². The van der Waals surface area contributed by atoms with Crippen molar-refractivity contribution >= 4 is 0 Å². The van der Waals surface area contributed by atoms with Crippen LogP contribution >= 0.6 is 0 Å². The lowest BCUT2D eigenvalue weighted by Crippen LogP contribution is -2.50. The molecule has 0 saturated carbocycles. The molecule has 1 fully saturated rings. The summed E-state index contributed by atoms with van der Waals surface area (Å²) in [5.41, 5.74) is 1.14. The van der Waals surface area contributed by atoms with Crippen molar-refractivity contribution in [2.24, 2.45) is 0 Å². The molecule has 1 atom stereocenters. The number of hydrogen-bond donors (Lipinski definition) is 1. The van der Waals surface area contributed by atoms with E-state index in [2.05, 4.69) is 28.2 Å². The Morgan fingerprint density at radius 3 is 3.25 bits per heavy atom. The highest BCUT2D eigenvalue weighted by molar-refractivity contribution is 5.25. The molecule has 1 aromatic heterocycles.